The van der Waals surface area contributed by atoms with Crippen molar-refractivity contribution in [3.8, 4) is 0 Å². The summed E-state index contributed by atoms with van der Waals surface area (Å²) in [5.74, 6) is 0. The summed E-state index contributed by atoms with van der Waals surface area (Å²) in [5, 5.41) is 1.04. The second-order valence-corrected chi connectivity index (χ2v) is 5.29. The molecule has 0 N–H and O–H groups in total. The van der Waals surface area contributed by atoms with E-state index >= 15 is 0 Å². The third kappa shape index (κ3) is 3.39. The molecule has 1 unspecified atom stereocenters. The van der Waals surface area contributed by atoms with E-state index in [1.165, 1.54) is 10.5 Å². The van der Waals surface area contributed by atoms with Gasteiger partial charge in [0.2, 0.25) is 0 Å². The molecule has 2 rings (SSSR count). The van der Waals surface area contributed by atoms with Crippen LogP contribution in [0.15, 0.2) is 72.1 Å². The van der Waals surface area contributed by atoms with Gasteiger partial charge in [-0.2, -0.15) is 0 Å². The molecule has 0 aliphatic rings. The number of rotatable bonds is 4. The van der Waals surface area contributed by atoms with Crippen LogP contribution in [0.3, 0.4) is 0 Å². The van der Waals surface area contributed by atoms with E-state index < -0.39 is 0 Å². The number of halogens is 1. The van der Waals surface area contributed by atoms with Gasteiger partial charge in [0.25, 0.3) is 0 Å². The highest BCUT2D eigenvalue weighted by Crippen LogP contribution is 2.36. The molecule has 86 valence electrons. The third-order valence-corrected chi connectivity index (χ3v) is 3.93. The zero-order valence-electron chi connectivity index (χ0n) is 9.34. The molecule has 0 radical (unpaired) electrons. The van der Waals surface area contributed by atoms with E-state index in [0.29, 0.717) is 0 Å². The average Bonchev–Trinajstić information content (AvgIpc) is 2.39. The number of hydrogen-bond acceptors (Lipinski definition) is 1. The van der Waals surface area contributed by atoms with E-state index in [-0.39, 0.29) is 5.25 Å². The maximum absolute atomic E-state index is 5.87. The Labute approximate surface area is 111 Å². The van der Waals surface area contributed by atoms with Crippen LogP contribution in [0, 0.1) is 0 Å². The van der Waals surface area contributed by atoms with Crippen LogP contribution >= 0.6 is 23.4 Å². The van der Waals surface area contributed by atoms with E-state index in [4.69, 9.17) is 11.6 Å². The smallest absolute Gasteiger partial charge is 0.0521 e. The maximum atomic E-state index is 5.87. The van der Waals surface area contributed by atoms with Gasteiger partial charge < -0.3 is 0 Å². The van der Waals surface area contributed by atoms with Gasteiger partial charge in [-0.05, 0) is 29.8 Å². The zero-order chi connectivity index (χ0) is 12.1. The monoisotopic (exact) mass is 260 g/mol. The zero-order valence-corrected chi connectivity index (χ0v) is 10.9. The van der Waals surface area contributed by atoms with Crippen molar-refractivity contribution < 1.29 is 0 Å². The Morgan fingerprint density at radius 2 is 1.65 bits per heavy atom. The van der Waals surface area contributed by atoms with E-state index in [1.54, 1.807) is 11.8 Å². The van der Waals surface area contributed by atoms with Crippen molar-refractivity contribution in [3.63, 3.8) is 0 Å². The Hall–Kier alpha value is -1.18. The SMILES string of the molecule is C=CC(Sc1ccc(Cl)cc1)c1ccccc1. The molecule has 0 fully saturated rings. The fraction of sp³-hybridized carbons (Fsp3) is 0.0667. The second-order valence-electron chi connectivity index (χ2n) is 3.64. The highest BCUT2D eigenvalue weighted by Gasteiger charge is 2.08. The summed E-state index contributed by atoms with van der Waals surface area (Å²) in [6.45, 7) is 3.90. The van der Waals surface area contributed by atoms with Crippen molar-refractivity contribution in [1.82, 2.24) is 0 Å². The van der Waals surface area contributed by atoms with Crippen LogP contribution in [0.2, 0.25) is 5.02 Å². The molecule has 2 aromatic carbocycles. The standard InChI is InChI=1S/C15H13ClS/c1-2-15(12-6-4-3-5-7-12)17-14-10-8-13(16)9-11-14/h2-11,15H,1H2. The molecule has 17 heavy (non-hydrogen) atoms. The summed E-state index contributed by atoms with van der Waals surface area (Å²) in [5.41, 5.74) is 1.27. The molecular formula is C15H13ClS. The molecule has 0 saturated heterocycles. The lowest BCUT2D eigenvalue weighted by Crippen LogP contribution is -1.88. The Morgan fingerprint density at radius 3 is 2.24 bits per heavy atom. The fourth-order valence-electron chi connectivity index (χ4n) is 1.55. The maximum Gasteiger partial charge on any atom is 0.0521 e. The molecule has 0 aromatic heterocycles. The van der Waals surface area contributed by atoms with Gasteiger partial charge in [-0.25, -0.2) is 0 Å². The Kier molecular flexibility index (Phi) is 4.29. The summed E-state index contributed by atoms with van der Waals surface area (Å²) in [7, 11) is 0. The lowest BCUT2D eigenvalue weighted by Gasteiger charge is -2.12. The van der Waals surface area contributed by atoms with Crippen molar-refractivity contribution in [3.05, 3.63) is 77.8 Å². The Bertz CT molecular complexity index is 476. The summed E-state index contributed by atoms with van der Waals surface area (Å²) >= 11 is 7.64. The molecule has 0 nitrogen and oxygen atoms in total. The van der Waals surface area contributed by atoms with E-state index in [9.17, 15) is 0 Å². The first kappa shape index (κ1) is 12.3. The Morgan fingerprint density at radius 1 is 1.00 bits per heavy atom. The van der Waals surface area contributed by atoms with Crippen LogP contribution in [0.5, 0.6) is 0 Å². The minimum atomic E-state index is 0.275. The van der Waals surface area contributed by atoms with Crippen molar-refractivity contribution in [2.45, 2.75) is 10.1 Å². The van der Waals surface area contributed by atoms with Gasteiger partial charge in [0.15, 0.2) is 0 Å². The molecule has 0 saturated carbocycles. The van der Waals surface area contributed by atoms with Crippen LogP contribution in [-0.4, -0.2) is 0 Å². The molecular weight excluding hydrogens is 248 g/mol. The largest absolute Gasteiger partial charge is 0.114 e. The van der Waals surface area contributed by atoms with Crippen LogP contribution < -0.4 is 0 Å². The van der Waals surface area contributed by atoms with E-state index in [1.807, 2.05) is 48.5 Å². The van der Waals surface area contributed by atoms with Crippen molar-refractivity contribution in [2.75, 3.05) is 0 Å². The van der Waals surface area contributed by atoms with Crippen molar-refractivity contribution in [1.29, 1.82) is 0 Å². The predicted octanol–water partition coefficient (Wildman–Crippen LogP) is 5.36. The summed E-state index contributed by atoms with van der Waals surface area (Å²) in [6, 6.07) is 18.3. The van der Waals surface area contributed by atoms with E-state index in [2.05, 4.69) is 18.7 Å². The highest BCUT2D eigenvalue weighted by atomic mass is 35.5. The van der Waals surface area contributed by atoms with Crippen LogP contribution in [0.25, 0.3) is 0 Å². The quantitative estimate of drug-likeness (QED) is 0.527. The highest BCUT2D eigenvalue weighted by molar-refractivity contribution is 7.99. The summed E-state index contributed by atoms with van der Waals surface area (Å²) in [6.07, 6.45) is 1.97. The van der Waals surface area contributed by atoms with Crippen LogP contribution in [0.4, 0.5) is 0 Å². The average molecular weight is 261 g/mol. The molecule has 0 aliphatic heterocycles. The van der Waals surface area contributed by atoms with Crippen molar-refractivity contribution >= 4 is 23.4 Å². The van der Waals surface area contributed by atoms with Gasteiger partial charge in [0, 0.05) is 9.92 Å². The number of thioether (sulfide) groups is 1. The van der Waals surface area contributed by atoms with Gasteiger partial charge >= 0.3 is 0 Å². The van der Waals surface area contributed by atoms with Crippen molar-refractivity contribution in [2.24, 2.45) is 0 Å². The first-order valence-corrected chi connectivity index (χ1v) is 6.65. The molecule has 2 aromatic rings. The Balaban J connectivity index is 2.16. The lowest BCUT2D eigenvalue weighted by molar-refractivity contribution is 1.22. The molecule has 0 bridgehead atoms. The number of hydrogen-bond donors (Lipinski definition) is 0. The molecule has 0 aliphatic carbocycles. The fourth-order valence-corrected chi connectivity index (χ4v) is 2.66. The first-order valence-electron chi connectivity index (χ1n) is 5.39. The second kappa shape index (κ2) is 5.95. The minimum Gasteiger partial charge on any atom is -0.114 e. The van der Waals surface area contributed by atoms with Gasteiger partial charge in [0.1, 0.15) is 0 Å². The summed E-state index contributed by atoms with van der Waals surface area (Å²) < 4.78 is 0. The van der Waals surface area contributed by atoms with Crippen LogP contribution in [-0.2, 0) is 0 Å². The topological polar surface area (TPSA) is 0 Å². The molecule has 0 heterocycles. The van der Waals surface area contributed by atoms with Crippen LogP contribution in [0.1, 0.15) is 10.8 Å². The lowest BCUT2D eigenvalue weighted by atomic mass is 10.1. The normalized spacial score (nSPS) is 12.1. The van der Waals surface area contributed by atoms with E-state index in [0.717, 1.165) is 5.02 Å². The van der Waals surface area contributed by atoms with Gasteiger partial charge in [-0.15, -0.1) is 18.3 Å². The number of benzene rings is 2. The van der Waals surface area contributed by atoms with Gasteiger partial charge in [-0.1, -0.05) is 48.0 Å². The predicted molar refractivity (Wildman–Crippen MR) is 76.7 cm³/mol. The molecule has 1 atom stereocenters. The molecule has 2 heteroatoms. The third-order valence-electron chi connectivity index (χ3n) is 2.42. The molecule has 0 spiro atoms. The first-order chi connectivity index (χ1) is 8.29. The minimum absolute atomic E-state index is 0.275. The van der Waals surface area contributed by atoms with Gasteiger partial charge in [0.05, 0.1) is 5.25 Å². The van der Waals surface area contributed by atoms with Gasteiger partial charge in [-0.3, -0.25) is 0 Å². The summed E-state index contributed by atoms with van der Waals surface area (Å²) in [4.78, 5) is 1.20. The molecule has 0 amide bonds.